The van der Waals surface area contributed by atoms with E-state index in [2.05, 4.69) is 0 Å². The first-order valence-electron chi connectivity index (χ1n) is 13.0. The summed E-state index contributed by atoms with van der Waals surface area (Å²) in [5.41, 5.74) is -1.35. The molecule has 0 saturated carbocycles. The summed E-state index contributed by atoms with van der Waals surface area (Å²) in [4.78, 5) is 13.6. The van der Waals surface area contributed by atoms with Gasteiger partial charge in [0, 0.05) is 17.7 Å². The van der Waals surface area contributed by atoms with Gasteiger partial charge in [0.25, 0.3) is 0 Å². The standard InChI is InChI=1S/C27H30O16/c1-8-17(32)20(35)22(37)26(40-8)39-7-15-18(33)21(36)23(38)27(42-15)43-25-19(34)16-13(31)5-10(28)6-14(16)41-24(25)9-2-3-11(29)12(30)4-9/h2-6,8,15,17-18,20-23,26-33,35-38H,7H2,1H3/t8-,15-,17-,18-,20-,21-,22+,23-,26+,27-/m0/s1. The minimum absolute atomic E-state index is 0.0313. The molecule has 43 heavy (non-hydrogen) atoms. The summed E-state index contributed by atoms with van der Waals surface area (Å²) in [5.74, 6) is -3.33. The molecule has 16 heteroatoms. The molecule has 0 amide bonds. The molecule has 0 bridgehead atoms. The van der Waals surface area contributed by atoms with E-state index in [9.17, 15) is 55.9 Å². The smallest absolute Gasteiger partial charge is 0.239 e. The predicted molar refractivity (Wildman–Crippen MR) is 140 cm³/mol. The van der Waals surface area contributed by atoms with Gasteiger partial charge in [0.15, 0.2) is 23.5 Å². The molecule has 0 spiro atoms. The SMILES string of the molecule is C[C@@H]1O[C@@H](OC[C@@H]2O[C@@H](Oc3c(-c4ccc(O)c(O)c4)oc4cc(O)cc(O)c4c3=O)[C@@H](O)[C@@H](O)[C@H]2O)[C@H](O)[C@@H](O)[C@H]1O. The van der Waals surface area contributed by atoms with E-state index in [1.54, 1.807) is 0 Å². The van der Waals surface area contributed by atoms with Gasteiger partial charge in [0.05, 0.1) is 12.7 Å². The van der Waals surface area contributed by atoms with Crippen LogP contribution in [-0.2, 0) is 14.2 Å². The lowest BCUT2D eigenvalue weighted by Crippen LogP contribution is -2.61. The van der Waals surface area contributed by atoms with Crippen molar-refractivity contribution in [3.8, 4) is 40.1 Å². The maximum Gasteiger partial charge on any atom is 0.239 e. The lowest BCUT2D eigenvalue weighted by molar-refractivity contribution is -0.318. The van der Waals surface area contributed by atoms with Gasteiger partial charge in [-0.15, -0.1) is 0 Å². The van der Waals surface area contributed by atoms with Crippen LogP contribution >= 0.6 is 0 Å². The molecule has 10 N–H and O–H groups in total. The van der Waals surface area contributed by atoms with Crippen molar-refractivity contribution in [1.29, 1.82) is 0 Å². The first-order valence-corrected chi connectivity index (χ1v) is 13.0. The zero-order valence-electron chi connectivity index (χ0n) is 22.3. The second-order valence-electron chi connectivity index (χ2n) is 10.3. The van der Waals surface area contributed by atoms with Gasteiger partial charge in [-0.3, -0.25) is 4.79 Å². The van der Waals surface area contributed by atoms with Crippen LogP contribution in [0.4, 0.5) is 0 Å². The molecule has 2 saturated heterocycles. The lowest BCUT2D eigenvalue weighted by Gasteiger charge is -2.42. The molecule has 0 unspecified atom stereocenters. The Bertz CT molecular complexity index is 1540. The van der Waals surface area contributed by atoms with Crippen LogP contribution in [0.15, 0.2) is 39.5 Å². The number of aromatic hydroxyl groups is 4. The number of benzene rings is 2. The number of aliphatic hydroxyl groups excluding tert-OH is 6. The zero-order valence-corrected chi connectivity index (χ0v) is 22.3. The van der Waals surface area contributed by atoms with Crippen molar-refractivity contribution in [3.05, 3.63) is 40.6 Å². The fraction of sp³-hybridized carbons (Fsp3) is 0.444. The second-order valence-corrected chi connectivity index (χ2v) is 10.3. The molecular weight excluding hydrogens is 580 g/mol. The molecule has 1 aromatic heterocycles. The van der Waals surface area contributed by atoms with Gasteiger partial charge >= 0.3 is 0 Å². The Hall–Kier alpha value is -3.71. The highest BCUT2D eigenvalue weighted by Crippen LogP contribution is 2.39. The molecule has 234 valence electrons. The van der Waals surface area contributed by atoms with Gasteiger partial charge in [-0.2, -0.15) is 0 Å². The van der Waals surface area contributed by atoms with Crippen molar-refractivity contribution in [2.24, 2.45) is 0 Å². The molecular formula is C27H30O16. The number of phenolic OH excluding ortho intramolecular Hbond substituents is 4. The van der Waals surface area contributed by atoms with Crippen LogP contribution in [0, 0.1) is 0 Å². The topological polar surface area (TPSA) is 269 Å². The molecule has 3 heterocycles. The first kappa shape index (κ1) is 30.7. The molecule has 2 aliphatic rings. The third-order valence-electron chi connectivity index (χ3n) is 7.29. The van der Waals surface area contributed by atoms with Gasteiger partial charge in [-0.1, -0.05) is 0 Å². The number of rotatable bonds is 6. The van der Waals surface area contributed by atoms with E-state index < -0.39 is 113 Å². The van der Waals surface area contributed by atoms with E-state index in [0.717, 1.165) is 24.3 Å². The number of phenols is 4. The summed E-state index contributed by atoms with van der Waals surface area (Å²) >= 11 is 0. The number of hydrogen-bond acceptors (Lipinski definition) is 16. The summed E-state index contributed by atoms with van der Waals surface area (Å²) < 4.78 is 27.8. The van der Waals surface area contributed by atoms with E-state index in [4.69, 9.17) is 23.4 Å². The van der Waals surface area contributed by atoms with Gasteiger partial charge in [-0.05, 0) is 25.1 Å². The summed E-state index contributed by atoms with van der Waals surface area (Å²) in [6.45, 7) is 0.818. The molecule has 5 rings (SSSR count). The van der Waals surface area contributed by atoms with E-state index in [0.29, 0.717) is 0 Å². The largest absolute Gasteiger partial charge is 0.508 e. The Labute approximate surface area is 241 Å². The average Bonchev–Trinajstić information content (AvgIpc) is 2.96. The molecule has 3 aromatic rings. The number of hydrogen-bond donors (Lipinski definition) is 10. The molecule has 16 nitrogen and oxygen atoms in total. The maximum atomic E-state index is 13.6. The minimum atomic E-state index is -1.97. The van der Waals surface area contributed by atoms with Gasteiger partial charge < -0.3 is 74.4 Å². The quantitative estimate of drug-likeness (QED) is 0.140. The first-order chi connectivity index (χ1) is 20.3. The fourth-order valence-electron chi connectivity index (χ4n) is 4.84. The van der Waals surface area contributed by atoms with E-state index >= 15 is 0 Å². The normalized spacial score (nSPS) is 33.0. The Kier molecular flexibility index (Phi) is 8.41. The van der Waals surface area contributed by atoms with Crippen LogP contribution in [0.1, 0.15) is 6.92 Å². The number of fused-ring (bicyclic) bond motifs is 1. The predicted octanol–water partition coefficient (Wildman–Crippen LogP) is -1.69. The van der Waals surface area contributed by atoms with Gasteiger partial charge in [0.2, 0.25) is 17.5 Å². The third kappa shape index (κ3) is 5.67. The van der Waals surface area contributed by atoms with Crippen molar-refractivity contribution >= 4 is 11.0 Å². The highest BCUT2D eigenvalue weighted by molar-refractivity contribution is 5.88. The van der Waals surface area contributed by atoms with Crippen molar-refractivity contribution in [1.82, 2.24) is 0 Å². The molecule has 10 atom stereocenters. The Morgan fingerprint density at radius 2 is 1.42 bits per heavy atom. The second kappa shape index (κ2) is 11.8. The van der Waals surface area contributed by atoms with Crippen LogP contribution in [0.25, 0.3) is 22.3 Å². The monoisotopic (exact) mass is 610 g/mol. The third-order valence-corrected chi connectivity index (χ3v) is 7.29. The van der Waals surface area contributed by atoms with Crippen molar-refractivity contribution < 1.29 is 74.4 Å². The molecule has 2 aliphatic heterocycles. The van der Waals surface area contributed by atoms with Crippen molar-refractivity contribution in [3.63, 3.8) is 0 Å². The summed E-state index contributed by atoms with van der Waals surface area (Å²) in [6, 6.07) is 5.24. The van der Waals surface area contributed by atoms with Crippen LogP contribution in [-0.4, -0.2) is 119 Å². The lowest BCUT2D eigenvalue weighted by atomic mass is 9.98. The van der Waals surface area contributed by atoms with Crippen molar-refractivity contribution in [2.45, 2.75) is 68.3 Å². The van der Waals surface area contributed by atoms with Crippen LogP contribution in [0.2, 0.25) is 0 Å². The summed E-state index contributed by atoms with van der Waals surface area (Å²) in [7, 11) is 0. The molecule has 0 radical (unpaired) electrons. The molecule has 2 aromatic carbocycles. The van der Waals surface area contributed by atoms with Gasteiger partial charge in [0.1, 0.15) is 65.2 Å². The Morgan fingerprint density at radius 1 is 0.744 bits per heavy atom. The van der Waals surface area contributed by atoms with Crippen molar-refractivity contribution in [2.75, 3.05) is 6.61 Å². The Balaban J connectivity index is 1.48. The maximum absolute atomic E-state index is 13.6. The average molecular weight is 611 g/mol. The number of aliphatic hydroxyl groups is 6. The fourth-order valence-corrected chi connectivity index (χ4v) is 4.84. The highest BCUT2D eigenvalue weighted by atomic mass is 16.7. The van der Waals surface area contributed by atoms with E-state index in [1.165, 1.54) is 13.0 Å². The van der Waals surface area contributed by atoms with Gasteiger partial charge in [-0.25, -0.2) is 0 Å². The minimum Gasteiger partial charge on any atom is -0.508 e. The van der Waals surface area contributed by atoms with E-state index in [-0.39, 0.29) is 11.1 Å². The molecule has 0 aliphatic carbocycles. The molecule has 2 fully saturated rings. The number of ether oxygens (including phenoxy) is 4. The zero-order chi connectivity index (χ0) is 31.3. The highest BCUT2D eigenvalue weighted by Gasteiger charge is 2.47. The Morgan fingerprint density at radius 3 is 2.12 bits per heavy atom. The van der Waals surface area contributed by atoms with Crippen LogP contribution in [0.3, 0.4) is 0 Å². The summed E-state index contributed by atoms with van der Waals surface area (Å²) in [5, 5.41) is 101. The van der Waals surface area contributed by atoms with Crippen LogP contribution < -0.4 is 10.2 Å². The van der Waals surface area contributed by atoms with Crippen LogP contribution in [0.5, 0.6) is 28.7 Å². The summed E-state index contributed by atoms with van der Waals surface area (Å²) in [6.07, 6.45) is -16.2. The van der Waals surface area contributed by atoms with E-state index in [1.807, 2.05) is 0 Å².